The lowest BCUT2D eigenvalue weighted by molar-refractivity contribution is 0.0746. The van der Waals surface area contributed by atoms with E-state index in [2.05, 4.69) is 9.62 Å². The number of halogens is 1. The molecular formula is C25H28ClN3O4S. The van der Waals surface area contributed by atoms with E-state index in [1.165, 1.54) is 12.1 Å². The third-order valence-electron chi connectivity index (χ3n) is 5.69. The highest BCUT2D eigenvalue weighted by Crippen LogP contribution is 2.28. The van der Waals surface area contributed by atoms with Gasteiger partial charge in [0.2, 0.25) is 10.0 Å². The number of nitrogens with one attached hydrogen (secondary N) is 1. The number of hydrogen-bond acceptors (Lipinski definition) is 5. The van der Waals surface area contributed by atoms with Gasteiger partial charge in [0.1, 0.15) is 5.75 Å². The zero-order valence-electron chi connectivity index (χ0n) is 18.9. The van der Waals surface area contributed by atoms with E-state index in [1.54, 1.807) is 24.1 Å². The van der Waals surface area contributed by atoms with Crippen LogP contribution < -0.4 is 14.4 Å². The molecule has 0 unspecified atom stereocenters. The van der Waals surface area contributed by atoms with E-state index in [0.717, 1.165) is 17.0 Å². The summed E-state index contributed by atoms with van der Waals surface area (Å²) >= 11 is 0. The second kappa shape index (κ2) is 11.4. The van der Waals surface area contributed by atoms with Crippen LogP contribution in [0.3, 0.4) is 0 Å². The predicted molar refractivity (Wildman–Crippen MR) is 135 cm³/mol. The first-order chi connectivity index (χ1) is 16.0. The van der Waals surface area contributed by atoms with Crippen molar-refractivity contribution in [3.8, 4) is 5.75 Å². The van der Waals surface area contributed by atoms with Crippen LogP contribution in [0.15, 0.2) is 83.8 Å². The Morgan fingerprint density at radius 1 is 0.912 bits per heavy atom. The number of carbonyl (C=O) groups excluding carboxylic acids is 1. The maximum absolute atomic E-state index is 13.1. The van der Waals surface area contributed by atoms with Gasteiger partial charge in [-0.05, 0) is 35.9 Å². The Morgan fingerprint density at radius 2 is 1.59 bits per heavy atom. The lowest BCUT2D eigenvalue weighted by Crippen LogP contribution is -2.48. The highest BCUT2D eigenvalue weighted by molar-refractivity contribution is 7.89. The molecule has 0 aromatic heterocycles. The van der Waals surface area contributed by atoms with E-state index in [4.69, 9.17) is 4.74 Å². The number of sulfonamides is 1. The van der Waals surface area contributed by atoms with Crippen LogP contribution in [0, 0.1) is 0 Å². The minimum atomic E-state index is -3.74. The molecule has 1 N–H and O–H groups in total. The predicted octanol–water partition coefficient (Wildman–Crippen LogP) is 3.56. The summed E-state index contributed by atoms with van der Waals surface area (Å²) in [5, 5.41) is 0. The van der Waals surface area contributed by atoms with Crippen LogP contribution >= 0.6 is 12.4 Å². The van der Waals surface area contributed by atoms with Crippen molar-refractivity contribution in [3.63, 3.8) is 0 Å². The van der Waals surface area contributed by atoms with Crippen molar-refractivity contribution >= 4 is 34.0 Å². The summed E-state index contributed by atoms with van der Waals surface area (Å²) in [4.78, 5) is 17.1. The van der Waals surface area contributed by atoms with Gasteiger partial charge in [0.05, 0.1) is 17.7 Å². The molecule has 7 nitrogen and oxygen atoms in total. The molecule has 1 aliphatic rings. The molecule has 1 fully saturated rings. The normalized spacial score (nSPS) is 13.8. The number of anilines is 1. The second-order valence-corrected chi connectivity index (χ2v) is 9.56. The largest absolute Gasteiger partial charge is 0.495 e. The van der Waals surface area contributed by atoms with Gasteiger partial charge in [0, 0.05) is 38.3 Å². The second-order valence-electron chi connectivity index (χ2n) is 7.79. The average Bonchev–Trinajstić information content (AvgIpc) is 2.88. The molecule has 3 aromatic rings. The lowest BCUT2D eigenvalue weighted by atomic mass is 10.1. The molecule has 180 valence electrons. The Balaban J connectivity index is 0.00000324. The van der Waals surface area contributed by atoms with Crippen LogP contribution in [-0.2, 0) is 16.6 Å². The molecule has 0 aliphatic carbocycles. The fourth-order valence-electron chi connectivity index (χ4n) is 3.88. The monoisotopic (exact) mass is 501 g/mol. The van der Waals surface area contributed by atoms with Crippen LogP contribution in [0.4, 0.5) is 5.69 Å². The molecular weight excluding hydrogens is 474 g/mol. The van der Waals surface area contributed by atoms with E-state index < -0.39 is 10.0 Å². The number of methoxy groups -OCH3 is 1. The number of amides is 1. The highest BCUT2D eigenvalue weighted by Gasteiger charge is 2.25. The van der Waals surface area contributed by atoms with Gasteiger partial charge < -0.3 is 14.5 Å². The fraction of sp³-hybridized carbons (Fsp3) is 0.240. The number of nitrogens with zero attached hydrogens (tertiary/aromatic N) is 2. The first kappa shape index (κ1) is 25.6. The molecule has 4 rings (SSSR count). The van der Waals surface area contributed by atoms with Crippen molar-refractivity contribution in [2.24, 2.45) is 0 Å². The molecule has 1 amide bonds. The molecule has 0 saturated carbocycles. The molecule has 1 saturated heterocycles. The summed E-state index contributed by atoms with van der Waals surface area (Å²) in [5.74, 6) is 0.632. The van der Waals surface area contributed by atoms with Crippen molar-refractivity contribution in [3.05, 3.63) is 90.0 Å². The van der Waals surface area contributed by atoms with E-state index in [-0.39, 0.29) is 29.8 Å². The molecule has 3 aromatic carbocycles. The molecule has 0 radical (unpaired) electrons. The van der Waals surface area contributed by atoms with Crippen LogP contribution in [0.2, 0.25) is 0 Å². The zero-order chi connectivity index (χ0) is 23.3. The first-order valence-corrected chi connectivity index (χ1v) is 12.3. The minimum absolute atomic E-state index is 0. The van der Waals surface area contributed by atoms with Gasteiger partial charge in [-0.25, -0.2) is 13.1 Å². The van der Waals surface area contributed by atoms with Crippen molar-refractivity contribution < 1.29 is 17.9 Å². The summed E-state index contributed by atoms with van der Waals surface area (Å²) in [6, 6.07) is 23.3. The summed E-state index contributed by atoms with van der Waals surface area (Å²) in [6.07, 6.45) is 0. The van der Waals surface area contributed by atoms with E-state index in [1.807, 2.05) is 54.6 Å². The Kier molecular flexibility index (Phi) is 8.55. The van der Waals surface area contributed by atoms with E-state index >= 15 is 0 Å². The Hall–Kier alpha value is -3.07. The number of hydrogen-bond donors (Lipinski definition) is 1. The zero-order valence-corrected chi connectivity index (χ0v) is 20.5. The SMILES string of the molecule is COc1ccccc1N1CCN(C(=O)c2cccc(S(=O)(=O)NCc3ccccc3)c2)CC1.Cl. The van der Waals surface area contributed by atoms with Crippen LogP contribution in [0.1, 0.15) is 15.9 Å². The van der Waals surface area contributed by atoms with Gasteiger partial charge in [-0.1, -0.05) is 48.5 Å². The number of carbonyl (C=O) groups is 1. The van der Waals surface area contributed by atoms with Gasteiger partial charge in [-0.15, -0.1) is 12.4 Å². The maximum atomic E-state index is 13.1. The Labute approximate surface area is 206 Å². The smallest absolute Gasteiger partial charge is 0.254 e. The van der Waals surface area contributed by atoms with Gasteiger partial charge in [0.15, 0.2) is 0 Å². The third-order valence-corrected chi connectivity index (χ3v) is 7.09. The number of piperazine rings is 1. The van der Waals surface area contributed by atoms with Crippen LogP contribution in [-0.4, -0.2) is 52.5 Å². The van der Waals surface area contributed by atoms with Crippen molar-refractivity contribution in [1.29, 1.82) is 0 Å². The number of para-hydroxylation sites is 2. The summed E-state index contributed by atoms with van der Waals surface area (Å²) in [6.45, 7) is 2.61. The minimum Gasteiger partial charge on any atom is -0.495 e. The van der Waals surface area contributed by atoms with Crippen LogP contribution in [0.25, 0.3) is 0 Å². The van der Waals surface area contributed by atoms with Crippen LogP contribution in [0.5, 0.6) is 5.75 Å². The Morgan fingerprint density at radius 3 is 2.29 bits per heavy atom. The van der Waals surface area contributed by atoms with Gasteiger partial charge in [0.25, 0.3) is 5.91 Å². The van der Waals surface area contributed by atoms with Gasteiger partial charge >= 0.3 is 0 Å². The molecule has 0 atom stereocenters. The molecule has 34 heavy (non-hydrogen) atoms. The maximum Gasteiger partial charge on any atom is 0.254 e. The van der Waals surface area contributed by atoms with E-state index in [0.29, 0.717) is 31.7 Å². The van der Waals surface area contributed by atoms with Crippen molar-refractivity contribution in [1.82, 2.24) is 9.62 Å². The van der Waals surface area contributed by atoms with E-state index in [9.17, 15) is 13.2 Å². The topological polar surface area (TPSA) is 79.0 Å². The van der Waals surface area contributed by atoms with Gasteiger partial charge in [-0.2, -0.15) is 0 Å². The standard InChI is InChI=1S/C25H27N3O4S.ClH/c1-32-24-13-6-5-12-23(24)27-14-16-28(17-15-27)25(29)21-10-7-11-22(18-21)33(30,31)26-19-20-8-3-2-4-9-20;/h2-13,18,26H,14-17,19H2,1H3;1H. The fourth-order valence-corrected chi connectivity index (χ4v) is 4.94. The first-order valence-electron chi connectivity index (χ1n) is 10.8. The molecule has 0 spiro atoms. The lowest BCUT2D eigenvalue weighted by Gasteiger charge is -2.36. The summed E-state index contributed by atoms with van der Waals surface area (Å²) < 4.78 is 33.6. The number of rotatable bonds is 7. The molecule has 1 heterocycles. The summed E-state index contributed by atoms with van der Waals surface area (Å²) in [7, 11) is -2.09. The summed E-state index contributed by atoms with van der Waals surface area (Å²) in [5.41, 5.74) is 2.23. The average molecular weight is 502 g/mol. The highest BCUT2D eigenvalue weighted by atomic mass is 35.5. The molecule has 9 heteroatoms. The number of ether oxygens (including phenoxy) is 1. The van der Waals surface area contributed by atoms with Gasteiger partial charge in [-0.3, -0.25) is 4.79 Å². The van der Waals surface area contributed by atoms with Crippen molar-refractivity contribution in [2.45, 2.75) is 11.4 Å². The molecule has 1 aliphatic heterocycles. The molecule has 0 bridgehead atoms. The Bertz CT molecular complexity index is 1210. The third kappa shape index (κ3) is 5.88. The number of benzene rings is 3. The quantitative estimate of drug-likeness (QED) is 0.535. The van der Waals surface area contributed by atoms with Crippen molar-refractivity contribution in [2.75, 3.05) is 38.2 Å².